The summed E-state index contributed by atoms with van der Waals surface area (Å²) in [5.74, 6) is 0.516. The fourth-order valence-electron chi connectivity index (χ4n) is 1.99. The summed E-state index contributed by atoms with van der Waals surface area (Å²) in [6.07, 6.45) is 0.930. The van der Waals surface area contributed by atoms with Gasteiger partial charge in [0, 0.05) is 19.1 Å². The quantitative estimate of drug-likeness (QED) is 0.450. The number of nitro groups is 1. The van der Waals surface area contributed by atoms with E-state index >= 15 is 0 Å². The summed E-state index contributed by atoms with van der Waals surface area (Å²) in [4.78, 5) is 13.0. The van der Waals surface area contributed by atoms with Crippen LogP contribution in [-0.4, -0.2) is 45.8 Å². The molecule has 0 radical (unpaired) electrons. The lowest BCUT2D eigenvalue weighted by atomic mass is 10.3. The van der Waals surface area contributed by atoms with Gasteiger partial charge in [0.2, 0.25) is 5.82 Å². The van der Waals surface area contributed by atoms with Crippen LogP contribution < -0.4 is 5.32 Å². The van der Waals surface area contributed by atoms with Crippen LogP contribution in [0, 0.1) is 17.0 Å². The molecule has 0 aliphatic heterocycles. The van der Waals surface area contributed by atoms with E-state index in [1.54, 1.807) is 11.6 Å². The van der Waals surface area contributed by atoms with Gasteiger partial charge in [-0.25, -0.2) is 4.68 Å². The van der Waals surface area contributed by atoms with E-state index in [-0.39, 0.29) is 10.6 Å². The Labute approximate surface area is 120 Å². The Morgan fingerprint density at radius 1 is 1.50 bits per heavy atom. The highest BCUT2D eigenvalue weighted by Gasteiger charge is 2.24. The highest BCUT2D eigenvalue weighted by Crippen LogP contribution is 2.27. The SMILES string of the molecule is CCn1nc(C)c([N+](=O)[O-])c1NCCCN(C)C(C)C. The van der Waals surface area contributed by atoms with Crippen molar-refractivity contribution < 1.29 is 4.92 Å². The third-order valence-electron chi connectivity index (χ3n) is 3.44. The molecular weight excluding hydrogens is 258 g/mol. The summed E-state index contributed by atoms with van der Waals surface area (Å²) in [5.41, 5.74) is 0.544. The molecule has 0 fully saturated rings. The van der Waals surface area contributed by atoms with Gasteiger partial charge in [-0.3, -0.25) is 10.1 Å². The minimum absolute atomic E-state index is 0.0871. The first kappa shape index (κ1) is 16.4. The van der Waals surface area contributed by atoms with Gasteiger partial charge in [0.25, 0.3) is 0 Å². The molecule has 1 aromatic rings. The third-order valence-corrected chi connectivity index (χ3v) is 3.44. The highest BCUT2D eigenvalue weighted by molar-refractivity contribution is 5.59. The molecule has 1 rings (SSSR count). The lowest BCUT2D eigenvalue weighted by Gasteiger charge is -2.20. The smallest absolute Gasteiger partial charge is 0.333 e. The average molecular weight is 283 g/mol. The minimum atomic E-state index is -0.364. The zero-order chi connectivity index (χ0) is 15.3. The van der Waals surface area contributed by atoms with Crippen molar-refractivity contribution in [3.63, 3.8) is 0 Å². The zero-order valence-electron chi connectivity index (χ0n) is 13.0. The van der Waals surface area contributed by atoms with Crippen molar-refractivity contribution in [2.75, 3.05) is 25.5 Å². The Bertz CT molecular complexity index is 456. The molecule has 0 aliphatic carbocycles. The number of nitrogens with zero attached hydrogens (tertiary/aromatic N) is 4. The van der Waals surface area contributed by atoms with Gasteiger partial charge in [0.15, 0.2) is 0 Å². The number of aromatic nitrogens is 2. The Hall–Kier alpha value is -1.63. The second-order valence-corrected chi connectivity index (χ2v) is 5.21. The van der Waals surface area contributed by atoms with Gasteiger partial charge in [-0.15, -0.1) is 0 Å². The van der Waals surface area contributed by atoms with Gasteiger partial charge in [-0.1, -0.05) is 0 Å². The maximum atomic E-state index is 11.1. The van der Waals surface area contributed by atoms with E-state index < -0.39 is 0 Å². The van der Waals surface area contributed by atoms with Crippen molar-refractivity contribution in [1.82, 2.24) is 14.7 Å². The van der Waals surface area contributed by atoms with E-state index in [1.165, 1.54) is 0 Å². The van der Waals surface area contributed by atoms with E-state index in [4.69, 9.17) is 0 Å². The first-order valence-corrected chi connectivity index (χ1v) is 7.04. The molecule has 1 heterocycles. The normalized spacial score (nSPS) is 11.3. The molecule has 0 saturated carbocycles. The Balaban J connectivity index is 2.65. The molecule has 0 bridgehead atoms. The van der Waals surface area contributed by atoms with E-state index in [0.29, 0.717) is 30.6 Å². The fraction of sp³-hybridized carbons (Fsp3) is 0.769. The van der Waals surface area contributed by atoms with Crippen LogP contribution in [0.2, 0.25) is 0 Å². The van der Waals surface area contributed by atoms with E-state index in [0.717, 1.165) is 13.0 Å². The summed E-state index contributed by atoms with van der Waals surface area (Å²) >= 11 is 0. The lowest BCUT2D eigenvalue weighted by molar-refractivity contribution is -0.384. The molecule has 114 valence electrons. The van der Waals surface area contributed by atoms with Crippen LogP contribution in [0.15, 0.2) is 0 Å². The zero-order valence-corrected chi connectivity index (χ0v) is 13.0. The minimum Gasteiger partial charge on any atom is -0.364 e. The summed E-state index contributed by atoms with van der Waals surface area (Å²) in [7, 11) is 2.08. The van der Waals surface area contributed by atoms with Crippen LogP contribution in [0.5, 0.6) is 0 Å². The molecule has 0 unspecified atom stereocenters. The molecule has 1 aromatic heterocycles. The summed E-state index contributed by atoms with van der Waals surface area (Å²) in [6.45, 7) is 10.2. The molecule has 0 atom stereocenters. The van der Waals surface area contributed by atoms with Crippen LogP contribution >= 0.6 is 0 Å². The van der Waals surface area contributed by atoms with Crippen molar-refractivity contribution in [3.8, 4) is 0 Å². The standard InChI is InChI=1S/C13H25N5O2/c1-6-17-13(12(18(19)20)11(4)15-17)14-8-7-9-16(5)10(2)3/h10,14H,6-9H2,1-5H3. The number of aryl methyl sites for hydroxylation is 2. The lowest BCUT2D eigenvalue weighted by Crippen LogP contribution is -2.28. The van der Waals surface area contributed by atoms with E-state index in [1.807, 2.05) is 6.92 Å². The van der Waals surface area contributed by atoms with Crippen molar-refractivity contribution in [1.29, 1.82) is 0 Å². The van der Waals surface area contributed by atoms with Crippen LogP contribution in [0.4, 0.5) is 11.5 Å². The van der Waals surface area contributed by atoms with Gasteiger partial charge < -0.3 is 10.2 Å². The predicted octanol–water partition coefficient (Wildman–Crippen LogP) is 2.26. The van der Waals surface area contributed by atoms with Gasteiger partial charge in [0.1, 0.15) is 5.69 Å². The molecular formula is C13H25N5O2. The van der Waals surface area contributed by atoms with Gasteiger partial charge in [-0.2, -0.15) is 5.10 Å². The highest BCUT2D eigenvalue weighted by atomic mass is 16.6. The Kier molecular flexibility index (Phi) is 5.94. The van der Waals surface area contributed by atoms with Gasteiger partial charge >= 0.3 is 5.69 Å². The van der Waals surface area contributed by atoms with Crippen molar-refractivity contribution in [2.45, 2.75) is 46.7 Å². The second-order valence-electron chi connectivity index (χ2n) is 5.21. The largest absolute Gasteiger partial charge is 0.364 e. The first-order valence-electron chi connectivity index (χ1n) is 7.04. The van der Waals surface area contributed by atoms with Gasteiger partial charge in [-0.05, 0) is 47.7 Å². The maximum absolute atomic E-state index is 11.1. The maximum Gasteiger partial charge on any atom is 0.333 e. The molecule has 0 aliphatic rings. The number of rotatable bonds is 8. The number of nitrogens with one attached hydrogen (secondary N) is 1. The molecule has 0 spiro atoms. The molecule has 20 heavy (non-hydrogen) atoms. The summed E-state index contributed by atoms with van der Waals surface area (Å²) in [6, 6.07) is 0.507. The van der Waals surface area contributed by atoms with Crippen molar-refractivity contribution >= 4 is 11.5 Å². The summed E-state index contributed by atoms with van der Waals surface area (Å²) < 4.78 is 1.65. The Morgan fingerprint density at radius 2 is 2.15 bits per heavy atom. The van der Waals surface area contributed by atoms with Crippen molar-refractivity contribution in [2.24, 2.45) is 0 Å². The molecule has 1 N–H and O–H groups in total. The number of hydrogen-bond donors (Lipinski definition) is 1. The number of anilines is 1. The number of hydrogen-bond acceptors (Lipinski definition) is 5. The topological polar surface area (TPSA) is 76.2 Å². The molecule has 0 amide bonds. The molecule has 7 nitrogen and oxygen atoms in total. The Morgan fingerprint density at radius 3 is 2.65 bits per heavy atom. The second kappa shape index (κ2) is 7.23. The van der Waals surface area contributed by atoms with E-state index in [9.17, 15) is 10.1 Å². The van der Waals surface area contributed by atoms with Crippen LogP contribution in [0.1, 0.15) is 32.9 Å². The van der Waals surface area contributed by atoms with Crippen LogP contribution in [0.25, 0.3) is 0 Å². The van der Waals surface area contributed by atoms with Gasteiger partial charge in [0.05, 0.1) is 4.92 Å². The molecule has 0 aromatic carbocycles. The monoisotopic (exact) mass is 283 g/mol. The molecule has 7 heteroatoms. The summed E-state index contributed by atoms with van der Waals surface area (Å²) in [5, 5.41) is 18.5. The predicted molar refractivity (Wildman–Crippen MR) is 80.2 cm³/mol. The third kappa shape index (κ3) is 3.93. The van der Waals surface area contributed by atoms with Crippen LogP contribution in [-0.2, 0) is 6.54 Å². The van der Waals surface area contributed by atoms with Crippen LogP contribution in [0.3, 0.4) is 0 Å². The molecule has 0 saturated heterocycles. The first-order chi connectivity index (χ1) is 9.38. The van der Waals surface area contributed by atoms with Crippen molar-refractivity contribution in [3.05, 3.63) is 15.8 Å². The fourth-order valence-corrected chi connectivity index (χ4v) is 1.99. The van der Waals surface area contributed by atoms with E-state index in [2.05, 4.69) is 36.2 Å². The average Bonchev–Trinajstić information content (AvgIpc) is 2.70.